The lowest BCUT2D eigenvalue weighted by Gasteiger charge is -2.07. The zero-order valence-electron chi connectivity index (χ0n) is 12.3. The molecule has 1 aromatic carbocycles. The van der Waals surface area contributed by atoms with Gasteiger partial charge in [-0.05, 0) is 12.5 Å². The second kappa shape index (κ2) is 7.29. The highest BCUT2D eigenvalue weighted by Crippen LogP contribution is 2.24. The molecule has 0 saturated heterocycles. The first-order chi connectivity index (χ1) is 10.7. The first-order valence-corrected chi connectivity index (χ1v) is 6.88. The van der Waals surface area contributed by atoms with E-state index >= 15 is 0 Å². The molecule has 6 nitrogen and oxygen atoms in total. The van der Waals surface area contributed by atoms with Crippen LogP contribution >= 0.6 is 0 Å². The molecule has 0 bridgehead atoms. The first kappa shape index (κ1) is 15.6. The number of hydrogen-bond donors (Lipinski definition) is 3. The molecule has 0 aliphatic rings. The van der Waals surface area contributed by atoms with E-state index in [-0.39, 0.29) is 19.7 Å². The summed E-state index contributed by atoms with van der Waals surface area (Å²) in [5, 5.41) is 18.8. The molecule has 0 saturated carbocycles. The number of carbonyl (C=O) groups excluding carboxylic acids is 1. The average Bonchev–Trinajstić information content (AvgIpc) is 2.88. The number of hydrogen-bond acceptors (Lipinski definition) is 3. The van der Waals surface area contributed by atoms with E-state index in [1.54, 1.807) is 10.7 Å². The summed E-state index contributed by atoms with van der Waals surface area (Å²) in [4.78, 5) is 11.7. The number of aliphatic hydroxyl groups is 1. The number of aliphatic hydroxyl groups excluding tert-OH is 1. The van der Waals surface area contributed by atoms with E-state index < -0.39 is 6.03 Å². The number of carbonyl (C=O) groups is 1. The number of aryl methyl sites for hydroxylation is 1. The third-order valence-electron chi connectivity index (χ3n) is 3.11. The second-order valence-corrected chi connectivity index (χ2v) is 4.69. The van der Waals surface area contributed by atoms with Crippen LogP contribution in [0.2, 0.25) is 0 Å². The van der Waals surface area contributed by atoms with Gasteiger partial charge in [0.1, 0.15) is 5.82 Å². The topological polar surface area (TPSA) is 79.2 Å². The lowest BCUT2D eigenvalue weighted by molar-refractivity contribution is 0.252. The van der Waals surface area contributed by atoms with Crippen LogP contribution in [0.5, 0.6) is 0 Å². The summed E-state index contributed by atoms with van der Waals surface area (Å²) < 4.78 is 1.55. The Balaban J connectivity index is 2.28. The summed E-state index contributed by atoms with van der Waals surface area (Å²) in [6.07, 6.45) is 5.10. The molecule has 2 rings (SSSR count). The zero-order chi connectivity index (χ0) is 15.9. The summed E-state index contributed by atoms with van der Waals surface area (Å²) in [6.45, 7) is 2.35. The number of amides is 2. The lowest BCUT2D eigenvalue weighted by Crippen LogP contribution is -2.30. The van der Waals surface area contributed by atoms with Gasteiger partial charge in [-0.2, -0.15) is 5.10 Å². The molecule has 0 aliphatic heterocycles. The number of anilines is 1. The molecule has 1 aromatic heterocycles. The van der Waals surface area contributed by atoms with Crippen molar-refractivity contribution in [2.75, 3.05) is 18.5 Å². The lowest BCUT2D eigenvalue weighted by atomic mass is 10.1. The maximum Gasteiger partial charge on any atom is 0.321 e. The van der Waals surface area contributed by atoms with Gasteiger partial charge in [0.15, 0.2) is 0 Å². The van der Waals surface area contributed by atoms with Crippen LogP contribution in [0, 0.1) is 19.3 Å². The average molecular weight is 298 g/mol. The molecule has 22 heavy (non-hydrogen) atoms. The Morgan fingerprint density at radius 1 is 1.45 bits per heavy atom. The number of terminal acetylenes is 1. The van der Waals surface area contributed by atoms with Gasteiger partial charge in [0, 0.05) is 11.6 Å². The monoisotopic (exact) mass is 298 g/mol. The van der Waals surface area contributed by atoms with Crippen molar-refractivity contribution in [2.24, 2.45) is 0 Å². The third-order valence-corrected chi connectivity index (χ3v) is 3.11. The Bertz CT molecular complexity index is 700. The van der Waals surface area contributed by atoms with Gasteiger partial charge in [-0.3, -0.25) is 5.32 Å². The van der Waals surface area contributed by atoms with Crippen LogP contribution in [-0.4, -0.2) is 34.1 Å². The van der Waals surface area contributed by atoms with E-state index in [4.69, 9.17) is 11.5 Å². The maximum absolute atomic E-state index is 11.7. The van der Waals surface area contributed by atoms with Crippen LogP contribution in [-0.2, 0) is 6.54 Å². The van der Waals surface area contributed by atoms with Gasteiger partial charge in [0.25, 0.3) is 0 Å². The molecule has 0 fully saturated rings. The Morgan fingerprint density at radius 3 is 2.91 bits per heavy atom. The van der Waals surface area contributed by atoms with Crippen LogP contribution in [0.25, 0.3) is 11.3 Å². The number of benzene rings is 1. The van der Waals surface area contributed by atoms with Crippen molar-refractivity contribution in [1.82, 2.24) is 15.1 Å². The van der Waals surface area contributed by atoms with Crippen molar-refractivity contribution in [3.05, 3.63) is 35.9 Å². The predicted molar refractivity (Wildman–Crippen MR) is 85.3 cm³/mol. The Hall–Kier alpha value is -2.78. The second-order valence-electron chi connectivity index (χ2n) is 4.69. The van der Waals surface area contributed by atoms with Crippen molar-refractivity contribution in [3.8, 4) is 23.6 Å². The first-order valence-electron chi connectivity index (χ1n) is 6.88. The number of nitrogens with one attached hydrogen (secondary N) is 2. The van der Waals surface area contributed by atoms with Gasteiger partial charge in [-0.1, -0.05) is 30.2 Å². The normalized spacial score (nSPS) is 10.0. The van der Waals surface area contributed by atoms with E-state index in [0.29, 0.717) is 5.82 Å². The number of nitrogens with zero attached hydrogens (tertiary/aromatic N) is 2. The summed E-state index contributed by atoms with van der Waals surface area (Å²) in [7, 11) is 0. The van der Waals surface area contributed by atoms with Crippen molar-refractivity contribution < 1.29 is 9.90 Å². The Kier molecular flexibility index (Phi) is 5.17. The number of rotatable bonds is 5. The van der Waals surface area contributed by atoms with Gasteiger partial charge in [0.2, 0.25) is 0 Å². The fourth-order valence-corrected chi connectivity index (χ4v) is 2.07. The van der Waals surface area contributed by atoms with Crippen molar-refractivity contribution >= 4 is 11.8 Å². The maximum atomic E-state index is 11.7. The van der Waals surface area contributed by atoms with E-state index in [0.717, 1.165) is 16.8 Å². The van der Waals surface area contributed by atoms with E-state index in [1.165, 1.54) is 0 Å². The van der Waals surface area contributed by atoms with Crippen LogP contribution in [0.3, 0.4) is 0 Å². The summed E-state index contributed by atoms with van der Waals surface area (Å²) in [5.74, 6) is 2.83. The van der Waals surface area contributed by atoms with Crippen molar-refractivity contribution in [1.29, 1.82) is 0 Å². The molecule has 0 unspecified atom stereocenters. The van der Waals surface area contributed by atoms with Gasteiger partial charge in [0.05, 0.1) is 25.4 Å². The highest BCUT2D eigenvalue weighted by atomic mass is 16.3. The van der Waals surface area contributed by atoms with Gasteiger partial charge in [-0.15, -0.1) is 6.42 Å². The minimum atomic E-state index is -0.409. The summed E-state index contributed by atoms with van der Waals surface area (Å²) in [6, 6.07) is 9.20. The van der Waals surface area contributed by atoms with Crippen LogP contribution in [0.4, 0.5) is 10.6 Å². The fourth-order valence-electron chi connectivity index (χ4n) is 2.07. The molecule has 114 valence electrons. The smallest absolute Gasteiger partial charge is 0.321 e. The van der Waals surface area contributed by atoms with E-state index in [2.05, 4.69) is 21.7 Å². The molecular formula is C16H18N4O2. The van der Waals surface area contributed by atoms with Gasteiger partial charge in [-0.25, -0.2) is 9.48 Å². The van der Waals surface area contributed by atoms with E-state index in [9.17, 15) is 4.79 Å². The SMILES string of the molecule is C#CCNC(=O)Nc1cc(-c2ccccc2C)nn1CCO. The summed E-state index contributed by atoms with van der Waals surface area (Å²) >= 11 is 0. The fraction of sp³-hybridized carbons (Fsp3) is 0.250. The molecule has 0 atom stereocenters. The quantitative estimate of drug-likeness (QED) is 0.734. The molecule has 2 amide bonds. The highest BCUT2D eigenvalue weighted by molar-refractivity contribution is 5.89. The van der Waals surface area contributed by atoms with Gasteiger partial charge >= 0.3 is 6.03 Å². The van der Waals surface area contributed by atoms with Gasteiger partial charge < -0.3 is 10.4 Å². The molecule has 2 aromatic rings. The molecule has 0 spiro atoms. The van der Waals surface area contributed by atoms with Crippen LogP contribution < -0.4 is 10.6 Å². The van der Waals surface area contributed by atoms with Crippen LogP contribution in [0.15, 0.2) is 30.3 Å². The predicted octanol–water partition coefficient (Wildman–Crippen LogP) is 1.61. The number of urea groups is 1. The molecule has 1 heterocycles. The molecule has 3 N–H and O–H groups in total. The largest absolute Gasteiger partial charge is 0.394 e. The molecule has 0 radical (unpaired) electrons. The standard InChI is InChI=1S/C16H18N4O2/c1-3-8-17-16(22)18-15-11-14(19-20(15)9-10-21)13-7-5-4-6-12(13)2/h1,4-7,11,21H,8-10H2,2H3,(H2,17,18,22). The summed E-state index contributed by atoms with van der Waals surface area (Å²) in [5.41, 5.74) is 2.80. The molecule has 6 heteroatoms. The Labute approximate surface area is 129 Å². The minimum absolute atomic E-state index is 0.0739. The number of aromatic nitrogens is 2. The minimum Gasteiger partial charge on any atom is -0.394 e. The molecule has 0 aliphatic carbocycles. The highest BCUT2D eigenvalue weighted by Gasteiger charge is 2.12. The van der Waals surface area contributed by atoms with Crippen molar-refractivity contribution in [3.63, 3.8) is 0 Å². The third kappa shape index (κ3) is 3.65. The van der Waals surface area contributed by atoms with Crippen LogP contribution in [0.1, 0.15) is 5.56 Å². The molecular weight excluding hydrogens is 280 g/mol. The Morgan fingerprint density at radius 2 is 2.23 bits per heavy atom. The van der Waals surface area contributed by atoms with E-state index in [1.807, 2.05) is 31.2 Å². The zero-order valence-corrected chi connectivity index (χ0v) is 12.3. The van der Waals surface area contributed by atoms with Crippen molar-refractivity contribution in [2.45, 2.75) is 13.5 Å².